The number of rotatable bonds is 1. The molecule has 2 aliphatic rings. The molecule has 2 fully saturated rings. The average Bonchev–Trinajstić information content (AvgIpc) is 2.59. The normalized spacial score (nSPS) is 39.4. The second-order valence-corrected chi connectivity index (χ2v) is 7.13. The van der Waals surface area contributed by atoms with Crippen LogP contribution >= 0.6 is 0 Å². The first kappa shape index (κ1) is 11.8. The Labute approximate surface area is 96.1 Å². The molecule has 6 heteroatoms. The molecule has 0 aliphatic carbocycles. The topological polar surface area (TPSA) is 87.2 Å². The zero-order valence-electron chi connectivity index (χ0n) is 9.22. The van der Waals surface area contributed by atoms with E-state index in [0.29, 0.717) is 19.4 Å². The Kier molecular flexibility index (Phi) is 2.95. The largest absolute Gasteiger partial charge is 0.312 e. The van der Waals surface area contributed by atoms with E-state index < -0.39 is 15.4 Å². The molecule has 0 radical (unpaired) electrons. The molecule has 0 spiro atoms. The molecule has 2 unspecified atom stereocenters. The Balaban J connectivity index is 2.04. The first-order valence-corrected chi connectivity index (χ1v) is 7.41. The summed E-state index contributed by atoms with van der Waals surface area (Å²) in [6.07, 6.45) is 2.27. The van der Waals surface area contributed by atoms with Crippen LogP contribution < -0.4 is 5.73 Å². The number of sulfone groups is 1. The third kappa shape index (κ3) is 2.37. The summed E-state index contributed by atoms with van der Waals surface area (Å²) in [4.78, 5) is 2.08. The predicted octanol–water partition coefficient (Wildman–Crippen LogP) is -0.510. The lowest BCUT2D eigenvalue weighted by atomic mass is 9.91. The fourth-order valence-corrected chi connectivity index (χ4v) is 4.35. The highest BCUT2D eigenvalue weighted by Crippen LogP contribution is 2.25. The summed E-state index contributed by atoms with van der Waals surface area (Å²) in [5.41, 5.74) is 5.14. The molecule has 2 rings (SSSR count). The monoisotopic (exact) mass is 243 g/mol. The molecule has 2 N–H and O–H groups in total. The molecule has 90 valence electrons. The van der Waals surface area contributed by atoms with Crippen LogP contribution in [0.5, 0.6) is 0 Å². The highest BCUT2D eigenvalue weighted by atomic mass is 32.2. The number of piperidine rings is 1. The van der Waals surface area contributed by atoms with Crippen molar-refractivity contribution in [3.05, 3.63) is 0 Å². The fourth-order valence-electron chi connectivity index (χ4n) is 2.58. The Morgan fingerprint density at radius 3 is 2.81 bits per heavy atom. The van der Waals surface area contributed by atoms with Crippen LogP contribution in [0, 0.1) is 11.3 Å². The van der Waals surface area contributed by atoms with Crippen molar-refractivity contribution in [1.82, 2.24) is 4.90 Å². The van der Waals surface area contributed by atoms with Gasteiger partial charge in [0.2, 0.25) is 0 Å². The van der Waals surface area contributed by atoms with Gasteiger partial charge >= 0.3 is 0 Å². The van der Waals surface area contributed by atoms with Gasteiger partial charge in [-0.05, 0) is 25.8 Å². The molecule has 2 saturated heterocycles. The quantitative estimate of drug-likeness (QED) is 0.670. The second-order valence-electron chi connectivity index (χ2n) is 4.90. The van der Waals surface area contributed by atoms with Gasteiger partial charge in [-0.2, -0.15) is 5.26 Å². The van der Waals surface area contributed by atoms with E-state index in [1.165, 1.54) is 0 Å². The molecule has 2 heterocycles. The van der Waals surface area contributed by atoms with Crippen molar-refractivity contribution < 1.29 is 8.42 Å². The minimum Gasteiger partial charge on any atom is -0.312 e. The van der Waals surface area contributed by atoms with E-state index in [0.717, 1.165) is 13.0 Å². The Morgan fingerprint density at radius 2 is 2.25 bits per heavy atom. The SMILES string of the molecule is N#CC1(N)CCCN(C2CCS(=O)(=O)C2)C1. The summed E-state index contributed by atoms with van der Waals surface area (Å²) in [5, 5.41) is 8.99. The second kappa shape index (κ2) is 3.99. The van der Waals surface area contributed by atoms with Crippen molar-refractivity contribution in [3.63, 3.8) is 0 Å². The van der Waals surface area contributed by atoms with Gasteiger partial charge in [0.15, 0.2) is 9.84 Å². The first-order chi connectivity index (χ1) is 7.44. The number of hydrogen-bond acceptors (Lipinski definition) is 5. The molecule has 2 aliphatic heterocycles. The van der Waals surface area contributed by atoms with Crippen LogP contribution in [0.2, 0.25) is 0 Å². The van der Waals surface area contributed by atoms with Gasteiger partial charge in [0.25, 0.3) is 0 Å². The van der Waals surface area contributed by atoms with Gasteiger partial charge in [-0.1, -0.05) is 0 Å². The molecule has 0 saturated carbocycles. The molecule has 16 heavy (non-hydrogen) atoms. The molecule has 2 atom stereocenters. The van der Waals surface area contributed by atoms with Gasteiger partial charge in [0.05, 0.1) is 17.6 Å². The van der Waals surface area contributed by atoms with E-state index in [-0.39, 0.29) is 17.5 Å². The van der Waals surface area contributed by atoms with Crippen molar-refractivity contribution in [2.75, 3.05) is 24.6 Å². The molecule has 0 bridgehead atoms. The van der Waals surface area contributed by atoms with Crippen LogP contribution in [0.4, 0.5) is 0 Å². The van der Waals surface area contributed by atoms with Gasteiger partial charge in [-0.25, -0.2) is 8.42 Å². The van der Waals surface area contributed by atoms with Crippen LogP contribution in [0.1, 0.15) is 19.3 Å². The molecule has 0 aromatic heterocycles. The number of hydrogen-bond donors (Lipinski definition) is 1. The summed E-state index contributed by atoms with van der Waals surface area (Å²) in [5.74, 6) is 0.507. The van der Waals surface area contributed by atoms with Gasteiger partial charge in [0, 0.05) is 12.6 Å². The number of nitrogens with two attached hydrogens (primary N) is 1. The van der Waals surface area contributed by atoms with Crippen LogP contribution in [0.15, 0.2) is 0 Å². The van der Waals surface area contributed by atoms with Crippen LogP contribution in [0.3, 0.4) is 0 Å². The van der Waals surface area contributed by atoms with Crippen molar-refractivity contribution in [2.45, 2.75) is 30.8 Å². The van der Waals surface area contributed by atoms with E-state index in [1.807, 2.05) is 0 Å². The third-order valence-electron chi connectivity index (χ3n) is 3.50. The molecular formula is C10H17N3O2S. The lowest BCUT2D eigenvalue weighted by molar-refractivity contribution is 0.138. The van der Waals surface area contributed by atoms with Crippen LogP contribution in [-0.4, -0.2) is 49.5 Å². The highest BCUT2D eigenvalue weighted by molar-refractivity contribution is 7.91. The van der Waals surface area contributed by atoms with Gasteiger partial charge in [-0.3, -0.25) is 4.90 Å². The lowest BCUT2D eigenvalue weighted by Gasteiger charge is -2.38. The fraction of sp³-hybridized carbons (Fsp3) is 0.900. The summed E-state index contributed by atoms with van der Waals surface area (Å²) in [7, 11) is -2.85. The summed E-state index contributed by atoms with van der Waals surface area (Å²) in [6.45, 7) is 1.37. The first-order valence-electron chi connectivity index (χ1n) is 5.59. The summed E-state index contributed by atoms with van der Waals surface area (Å²) in [6, 6.07) is 2.21. The van der Waals surface area contributed by atoms with E-state index in [4.69, 9.17) is 11.0 Å². The summed E-state index contributed by atoms with van der Waals surface area (Å²) < 4.78 is 22.8. The van der Waals surface area contributed by atoms with E-state index in [1.54, 1.807) is 0 Å². The van der Waals surface area contributed by atoms with Crippen LogP contribution in [0.25, 0.3) is 0 Å². The smallest absolute Gasteiger partial charge is 0.151 e. The van der Waals surface area contributed by atoms with E-state index in [2.05, 4.69) is 11.0 Å². The highest BCUT2D eigenvalue weighted by Gasteiger charge is 2.38. The van der Waals surface area contributed by atoms with Gasteiger partial charge in [0.1, 0.15) is 5.54 Å². The number of nitrogens with zero attached hydrogens (tertiary/aromatic N) is 2. The van der Waals surface area contributed by atoms with Crippen molar-refractivity contribution >= 4 is 9.84 Å². The van der Waals surface area contributed by atoms with Crippen molar-refractivity contribution in [1.29, 1.82) is 5.26 Å². The van der Waals surface area contributed by atoms with Gasteiger partial charge < -0.3 is 5.73 Å². The Morgan fingerprint density at radius 1 is 1.50 bits per heavy atom. The zero-order chi connectivity index (χ0) is 11.8. The number of likely N-dealkylation sites (tertiary alicyclic amines) is 1. The van der Waals surface area contributed by atoms with E-state index >= 15 is 0 Å². The molecule has 0 amide bonds. The molecule has 0 aromatic rings. The maximum atomic E-state index is 11.4. The average molecular weight is 243 g/mol. The Hall–Kier alpha value is -0.640. The molecule has 0 aromatic carbocycles. The van der Waals surface area contributed by atoms with E-state index in [9.17, 15) is 8.42 Å². The minimum absolute atomic E-state index is 0.0709. The van der Waals surface area contributed by atoms with Crippen molar-refractivity contribution in [2.24, 2.45) is 5.73 Å². The molecule has 5 nitrogen and oxygen atoms in total. The van der Waals surface area contributed by atoms with Crippen LogP contribution in [-0.2, 0) is 9.84 Å². The summed E-state index contributed by atoms with van der Waals surface area (Å²) >= 11 is 0. The Bertz CT molecular complexity index is 414. The lowest BCUT2D eigenvalue weighted by Crippen LogP contribution is -2.56. The maximum Gasteiger partial charge on any atom is 0.151 e. The minimum atomic E-state index is -2.85. The van der Waals surface area contributed by atoms with Gasteiger partial charge in [-0.15, -0.1) is 0 Å². The maximum absolute atomic E-state index is 11.4. The molecular weight excluding hydrogens is 226 g/mol. The van der Waals surface area contributed by atoms with Crippen molar-refractivity contribution in [3.8, 4) is 6.07 Å². The standard InChI is InChI=1S/C10H17N3O2S/c11-7-10(12)3-1-4-13(8-10)9-2-5-16(14,15)6-9/h9H,1-6,8,12H2. The third-order valence-corrected chi connectivity index (χ3v) is 5.25. The number of nitriles is 1. The predicted molar refractivity (Wildman–Crippen MR) is 60.4 cm³/mol. The zero-order valence-corrected chi connectivity index (χ0v) is 10.0.